The fraction of sp³-hybridized carbons (Fsp3) is 0.667. The summed E-state index contributed by atoms with van der Waals surface area (Å²) in [6, 6.07) is 0. The predicted octanol–water partition coefficient (Wildman–Crippen LogP) is 1.55. The number of nitrogens with one attached hydrogen (secondary N) is 1. The summed E-state index contributed by atoms with van der Waals surface area (Å²) in [5.74, 6) is -0.306. The van der Waals surface area contributed by atoms with Crippen LogP contribution in [-0.4, -0.2) is 30.3 Å². The van der Waals surface area contributed by atoms with Gasteiger partial charge in [0.05, 0.1) is 11.6 Å². The Morgan fingerprint density at radius 3 is 2.87 bits per heavy atom. The quantitative estimate of drug-likeness (QED) is 0.768. The van der Waals surface area contributed by atoms with E-state index in [2.05, 4.69) is 5.43 Å². The van der Waals surface area contributed by atoms with Crippen LogP contribution in [0.4, 0.5) is 0 Å². The van der Waals surface area contributed by atoms with E-state index < -0.39 is 0 Å². The molecule has 2 aliphatic heterocycles. The molecule has 4 nitrogen and oxygen atoms in total. The smallest absolute Gasteiger partial charge is 0.283 e. The Morgan fingerprint density at radius 2 is 2.20 bits per heavy atom. The molecule has 0 aromatic carbocycles. The molecule has 1 saturated heterocycles. The Morgan fingerprint density at radius 1 is 1.40 bits per heavy atom. The van der Waals surface area contributed by atoms with E-state index in [9.17, 15) is 4.79 Å². The molecule has 15 heavy (non-hydrogen) atoms. The van der Waals surface area contributed by atoms with Crippen LogP contribution in [0, 0.1) is 0 Å². The second-order valence-electron chi connectivity index (χ2n) is 3.55. The molecule has 0 aromatic heterocycles. The number of nitrogens with zero attached hydrogens (tertiary/aromatic N) is 1. The fourth-order valence-corrected chi connectivity index (χ4v) is 1.98. The summed E-state index contributed by atoms with van der Waals surface area (Å²) in [6.07, 6.45) is 2.72. The third-order valence-electron chi connectivity index (χ3n) is 2.49. The van der Waals surface area contributed by atoms with Crippen LogP contribution in [0.1, 0.15) is 19.3 Å². The van der Waals surface area contributed by atoms with E-state index in [0.717, 1.165) is 19.3 Å². The van der Waals surface area contributed by atoms with Gasteiger partial charge in [-0.15, -0.1) is 0 Å². The lowest BCUT2D eigenvalue weighted by atomic mass is 10.2. The zero-order chi connectivity index (χ0) is 10.8. The van der Waals surface area contributed by atoms with Crippen LogP contribution in [-0.2, 0) is 9.53 Å². The summed E-state index contributed by atoms with van der Waals surface area (Å²) in [4.78, 5) is 11.7. The highest BCUT2D eigenvalue weighted by atomic mass is 35.5. The number of carbonyl (C=O) groups excluding carboxylic acids is 1. The van der Waals surface area contributed by atoms with Crippen LogP contribution in [0.25, 0.3) is 0 Å². The zero-order valence-electron chi connectivity index (χ0n) is 8.13. The van der Waals surface area contributed by atoms with Crippen molar-refractivity contribution in [1.29, 1.82) is 0 Å². The average molecular weight is 251 g/mol. The highest BCUT2D eigenvalue weighted by Gasteiger charge is 2.32. The lowest BCUT2D eigenvalue weighted by Gasteiger charge is -2.36. The molecule has 1 N–H and O–H groups in total. The first kappa shape index (κ1) is 11.2. The molecular formula is C9H12Cl2N2O2. The third-order valence-corrected chi connectivity index (χ3v) is 3.30. The van der Waals surface area contributed by atoms with Crippen molar-refractivity contribution >= 4 is 29.1 Å². The minimum absolute atomic E-state index is 0.0876. The predicted molar refractivity (Wildman–Crippen MR) is 57.2 cm³/mol. The van der Waals surface area contributed by atoms with Gasteiger partial charge in [0.1, 0.15) is 11.3 Å². The number of carbonyl (C=O) groups is 1. The normalized spacial score (nSPS) is 28.5. The zero-order valence-corrected chi connectivity index (χ0v) is 9.64. The maximum Gasteiger partial charge on any atom is 0.283 e. The molecule has 6 heteroatoms. The number of hydrogen-bond acceptors (Lipinski definition) is 3. The van der Waals surface area contributed by atoms with Crippen LogP contribution in [0.2, 0.25) is 0 Å². The molecule has 84 valence electrons. The summed E-state index contributed by atoms with van der Waals surface area (Å²) in [6.45, 7) is 1.07. The molecule has 0 saturated carbocycles. The Hall–Kier alpha value is -0.290. The van der Waals surface area contributed by atoms with Gasteiger partial charge in [-0.2, -0.15) is 0 Å². The first-order valence-electron chi connectivity index (χ1n) is 4.93. The molecule has 1 amide bonds. The molecule has 2 heterocycles. The number of halogens is 2. The second-order valence-corrected chi connectivity index (χ2v) is 4.38. The molecular weight excluding hydrogens is 239 g/mol. The standard InChI is InChI=1S/C9H12Cl2N2O2/c10-6-5-12-13(9(14)8(6)11)7-3-1-2-4-15-7/h7,12H,1-5H2. The van der Waals surface area contributed by atoms with Crippen LogP contribution < -0.4 is 5.43 Å². The van der Waals surface area contributed by atoms with Gasteiger partial charge in [0.2, 0.25) is 0 Å². The number of rotatable bonds is 1. The Kier molecular flexibility index (Phi) is 3.51. The highest BCUT2D eigenvalue weighted by Crippen LogP contribution is 2.24. The highest BCUT2D eigenvalue weighted by molar-refractivity contribution is 6.48. The average Bonchev–Trinajstić information content (AvgIpc) is 2.27. The SMILES string of the molecule is O=C1C(Cl)=C(Cl)CNN1C1CCCCO1. The number of hydrogen-bond donors (Lipinski definition) is 1. The lowest BCUT2D eigenvalue weighted by Crippen LogP contribution is -2.54. The topological polar surface area (TPSA) is 41.6 Å². The van der Waals surface area contributed by atoms with Gasteiger partial charge in [-0.1, -0.05) is 23.2 Å². The van der Waals surface area contributed by atoms with Crippen LogP contribution in [0.3, 0.4) is 0 Å². The van der Waals surface area contributed by atoms with Crippen LogP contribution >= 0.6 is 23.2 Å². The van der Waals surface area contributed by atoms with Crippen LogP contribution in [0.5, 0.6) is 0 Å². The minimum Gasteiger partial charge on any atom is -0.357 e. The molecule has 1 atom stereocenters. The van der Waals surface area contributed by atoms with Gasteiger partial charge in [0.15, 0.2) is 0 Å². The van der Waals surface area contributed by atoms with Gasteiger partial charge >= 0.3 is 0 Å². The molecule has 0 aliphatic carbocycles. The molecule has 1 fully saturated rings. The first-order chi connectivity index (χ1) is 7.20. The first-order valence-corrected chi connectivity index (χ1v) is 5.68. The van der Waals surface area contributed by atoms with Crippen molar-refractivity contribution in [2.75, 3.05) is 13.2 Å². The van der Waals surface area contributed by atoms with E-state index >= 15 is 0 Å². The van der Waals surface area contributed by atoms with Gasteiger partial charge in [-0.25, -0.2) is 10.4 Å². The van der Waals surface area contributed by atoms with Crippen molar-refractivity contribution < 1.29 is 9.53 Å². The van der Waals surface area contributed by atoms with Crippen LogP contribution in [0.15, 0.2) is 10.1 Å². The molecule has 2 rings (SSSR count). The van der Waals surface area contributed by atoms with E-state index in [0.29, 0.717) is 18.2 Å². The van der Waals surface area contributed by atoms with Gasteiger partial charge < -0.3 is 4.74 Å². The maximum absolute atomic E-state index is 11.7. The molecule has 2 aliphatic rings. The van der Waals surface area contributed by atoms with Gasteiger partial charge in [0, 0.05) is 6.61 Å². The van der Waals surface area contributed by atoms with E-state index in [1.165, 1.54) is 5.01 Å². The molecule has 0 radical (unpaired) electrons. The van der Waals surface area contributed by atoms with Gasteiger partial charge in [0.25, 0.3) is 5.91 Å². The van der Waals surface area contributed by atoms with E-state index in [-0.39, 0.29) is 17.2 Å². The van der Waals surface area contributed by atoms with Crippen molar-refractivity contribution in [2.24, 2.45) is 0 Å². The monoisotopic (exact) mass is 250 g/mol. The lowest BCUT2D eigenvalue weighted by molar-refractivity contribution is -0.155. The number of ether oxygens (including phenoxy) is 1. The van der Waals surface area contributed by atoms with Gasteiger partial charge in [-0.05, 0) is 19.3 Å². The maximum atomic E-state index is 11.7. The molecule has 1 unspecified atom stereocenters. The summed E-state index contributed by atoms with van der Waals surface area (Å²) >= 11 is 11.6. The summed E-state index contributed by atoms with van der Waals surface area (Å²) in [7, 11) is 0. The third kappa shape index (κ3) is 2.28. The molecule has 0 aromatic rings. The van der Waals surface area contributed by atoms with Crippen molar-refractivity contribution in [3.8, 4) is 0 Å². The fourth-order valence-electron chi connectivity index (χ4n) is 1.69. The summed E-state index contributed by atoms with van der Waals surface area (Å²) < 4.78 is 5.49. The second kappa shape index (κ2) is 4.70. The van der Waals surface area contributed by atoms with Crippen molar-refractivity contribution in [2.45, 2.75) is 25.5 Å². The number of amides is 1. The van der Waals surface area contributed by atoms with Crippen molar-refractivity contribution in [3.63, 3.8) is 0 Å². The number of hydrazine groups is 1. The summed E-state index contributed by atoms with van der Waals surface area (Å²) in [5.41, 5.74) is 2.90. The van der Waals surface area contributed by atoms with Crippen molar-refractivity contribution in [3.05, 3.63) is 10.1 Å². The Labute approximate surface area is 98.1 Å². The van der Waals surface area contributed by atoms with Gasteiger partial charge in [-0.3, -0.25) is 4.79 Å². The molecule has 0 spiro atoms. The minimum atomic E-state index is -0.306. The molecule has 0 bridgehead atoms. The van der Waals surface area contributed by atoms with E-state index in [1.807, 2.05) is 0 Å². The summed E-state index contributed by atoms with van der Waals surface area (Å²) in [5, 5.41) is 1.88. The van der Waals surface area contributed by atoms with E-state index in [4.69, 9.17) is 27.9 Å². The largest absolute Gasteiger partial charge is 0.357 e. The Bertz CT molecular complexity index is 300. The van der Waals surface area contributed by atoms with E-state index in [1.54, 1.807) is 0 Å². The van der Waals surface area contributed by atoms with Crippen molar-refractivity contribution in [1.82, 2.24) is 10.4 Å². The Balaban J connectivity index is 2.08.